The maximum Gasteiger partial charge on any atom is 0.393 e. The van der Waals surface area contributed by atoms with Gasteiger partial charge in [0, 0.05) is 75.4 Å². The van der Waals surface area contributed by atoms with Crippen molar-refractivity contribution in [2.24, 2.45) is 35.5 Å². The molecule has 0 spiro atoms. The number of carbonyl (C=O) groups is 13. The molecule has 0 aromatic rings. The fourth-order valence-corrected chi connectivity index (χ4v) is 16.3. The van der Waals surface area contributed by atoms with E-state index in [1.807, 2.05) is 5.32 Å². The molecule has 606 valence electrons. The fraction of sp³-hybridized carbons (Fsp3) is 0.819. The van der Waals surface area contributed by atoms with Crippen LogP contribution < -0.4 is 16.0 Å². The summed E-state index contributed by atoms with van der Waals surface area (Å²) in [6.45, 7) is 5.33. The third kappa shape index (κ3) is 22.8. The molecule has 26 nitrogen and oxygen atoms in total. The van der Waals surface area contributed by atoms with Crippen molar-refractivity contribution in [3.63, 3.8) is 0 Å². The molecule has 13 amide bonds. The molecule has 3 N–H and O–H groups in total. The van der Waals surface area contributed by atoms with E-state index >= 15 is 37.1 Å². The van der Waals surface area contributed by atoms with Gasteiger partial charge in [0.25, 0.3) is 5.92 Å². The first-order chi connectivity index (χ1) is 49.7. The monoisotopic (exact) mass is 1550 g/mol. The lowest BCUT2D eigenvalue weighted by Crippen LogP contribution is -2.65. The lowest BCUT2D eigenvalue weighted by Gasteiger charge is -2.45. The summed E-state index contributed by atoms with van der Waals surface area (Å²) in [5.74, 6) is -20.8. The number of hydrogen-bond donors (Lipinski definition) is 3. The number of rotatable bonds is 14. The van der Waals surface area contributed by atoms with E-state index < -0.39 is 236 Å². The smallest absolute Gasteiger partial charge is 0.347 e. The van der Waals surface area contributed by atoms with Crippen LogP contribution in [0.1, 0.15) is 169 Å². The number of likely N-dealkylation sites (tertiary alicyclic amines) is 1. The molecule has 35 heteroatoms. The van der Waals surface area contributed by atoms with Gasteiger partial charge in [0.2, 0.25) is 76.8 Å². The van der Waals surface area contributed by atoms with Crippen molar-refractivity contribution < 1.29 is 97.5 Å². The van der Waals surface area contributed by atoms with E-state index in [1.54, 1.807) is 27.7 Å². The maximum absolute atomic E-state index is 15.4. The molecule has 0 aromatic carbocycles. The Morgan fingerprint density at radius 2 is 1.20 bits per heavy atom. The van der Waals surface area contributed by atoms with Crippen LogP contribution in [0.2, 0.25) is 0 Å². The molecule has 3 aliphatic carbocycles. The van der Waals surface area contributed by atoms with Gasteiger partial charge < -0.3 is 64.9 Å². The number of nitrogens with zero attached hydrogens (tertiary/aromatic N) is 10. The standard InChI is InChI=1S/C72H112ClF8N13O13/c1-15-41(4)58-68(106)87(9)42(5)62(100)94-30-29-50(94)67(105)90(12)53(33-43-21-17-16-18-22-43)66(104)86(8)37-55(95)82-48(28-26-44-25-27-46(47(73)32-44)72(79,80)81)63(101)89(11)52(34-57(97)93-38-70(74,75)39-93)60(98)83-49(36-71(76,77)78)64(102)92(14)59(45-23-19-20-24-45)69(107)91(13)54(65(103)85(6)7)35-56(96)88(10)51(31-40(2)3)61(99)84-58/h40-54,58-59H,15-39H2,1-14H3,(H,82,95)(H,83,98)(H,84,99)/t41-,42-,44?,46?,47?,48-,49-,50-,51-,52-,53-,54-,58-,59-/m0/s1. The van der Waals surface area contributed by atoms with Crippen molar-refractivity contribution in [2.75, 3.05) is 89.6 Å². The molecule has 0 aromatic heterocycles. The summed E-state index contributed by atoms with van der Waals surface area (Å²) in [5.41, 5.74) is 0. The number of alkyl halides is 9. The van der Waals surface area contributed by atoms with Crippen molar-refractivity contribution in [1.82, 2.24) is 64.9 Å². The summed E-state index contributed by atoms with van der Waals surface area (Å²) in [6.07, 6.45) is -9.66. The average molecular weight is 1560 g/mol. The molecule has 3 unspecified atom stereocenters. The molecule has 3 aliphatic heterocycles. The molecule has 3 saturated carbocycles. The highest BCUT2D eigenvalue weighted by atomic mass is 35.5. The molecule has 6 fully saturated rings. The zero-order valence-corrected chi connectivity index (χ0v) is 64.9. The van der Waals surface area contributed by atoms with E-state index in [0.29, 0.717) is 46.8 Å². The molecule has 0 radical (unpaired) electrons. The Bertz CT molecular complexity index is 3210. The highest BCUT2D eigenvalue weighted by molar-refractivity contribution is 6.21. The van der Waals surface area contributed by atoms with Crippen LogP contribution in [0.15, 0.2) is 0 Å². The van der Waals surface area contributed by atoms with Crippen LogP contribution in [-0.2, 0) is 62.3 Å². The van der Waals surface area contributed by atoms with Gasteiger partial charge >= 0.3 is 12.4 Å². The first kappa shape index (κ1) is 88.7. The first-order valence-electron chi connectivity index (χ1n) is 37.4. The Hall–Kier alpha value is -7.16. The van der Waals surface area contributed by atoms with Crippen LogP contribution >= 0.6 is 11.6 Å². The highest BCUT2D eigenvalue weighted by Gasteiger charge is 2.52. The summed E-state index contributed by atoms with van der Waals surface area (Å²) < 4.78 is 116. The fourth-order valence-electron chi connectivity index (χ4n) is 15.7. The van der Waals surface area contributed by atoms with E-state index in [2.05, 4.69) is 10.6 Å². The van der Waals surface area contributed by atoms with E-state index in [-0.39, 0.29) is 69.7 Å². The maximum atomic E-state index is 15.4. The van der Waals surface area contributed by atoms with Gasteiger partial charge in [-0.1, -0.05) is 79.1 Å². The molecule has 0 bridgehead atoms. The number of carbonyl (C=O) groups excluding carboxylic acids is 13. The Morgan fingerprint density at radius 1 is 0.617 bits per heavy atom. The van der Waals surface area contributed by atoms with Crippen molar-refractivity contribution in [3.8, 4) is 0 Å². The summed E-state index contributed by atoms with van der Waals surface area (Å²) in [7, 11) is 11.0. The third-order valence-corrected chi connectivity index (χ3v) is 23.4. The Morgan fingerprint density at radius 3 is 1.73 bits per heavy atom. The van der Waals surface area contributed by atoms with E-state index in [1.165, 1.54) is 59.0 Å². The van der Waals surface area contributed by atoms with Crippen LogP contribution in [0.3, 0.4) is 0 Å². The van der Waals surface area contributed by atoms with Gasteiger partial charge in [0.05, 0.1) is 44.8 Å². The molecule has 6 aliphatic rings. The normalized spacial score (nSPS) is 30.1. The number of fused-ring (bicyclic) bond motifs is 1. The van der Waals surface area contributed by atoms with Gasteiger partial charge in [-0.25, -0.2) is 8.78 Å². The predicted octanol–water partition coefficient (Wildman–Crippen LogP) is 5.41. The van der Waals surface area contributed by atoms with Gasteiger partial charge in [0.1, 0.15) is 60.4 Å². The predicted molar refractivity (Wildman–Crippen MR) is 377 cm³/mol. The molecule has 6 rings (SSSR count). The van der Waals surface area contributed by atoms with E-state index in [9.17, 15) is 60.3 Å². The zero-order chi connectivity index (χ0) is 80.4. The van der Waals surface area contributed by atoms with Crippen molar-refractivity contribution in [3.05, 3.63) is 0 Å². The SMILES string of the molecule is CC[C@H](C)[C@@H]1NC(=O)[C@H](CC(C)C)N(C)C(=O)C[C@@H](C(=O)N(C)C)N(C)C(=O)[C@H](C2CCCC2)N(C)C(=O)[C@H](CC(F)(F)F)NC(=O)[C@H](CC(=O)N2CC(F)(F)C2)N(C)C(=O)[C@H](CCC2CCC(C(F)(F)F)C(Cl)C2)NC(=O)CN(C)C(=O)[C@H](CC2CCCCC2)N(C)C(=O)[C@@H]2CCN2C(=O)[C@H](C)N(C)C1=O. The third-order valence-electron chi connectivity index (χ3n) is 23.0. The van der Waals surface area contributed by atoms with E-state index in [0.717, 1.165) is 64.9 Å². The van der Waals surface area contributed by atoms with Crippen LogP contribution in [-0.4, -0.2) is 299 Å². The summed E-state index contributed by atoms with van der Waals surface area (Å²) in [6, 6.07) is -16.6. The first-order valence-corrected chi connectivity index (χ1v) is 37.8. The lowest BCUT2D eigenvalue weighted by atomic mass is 9.78. The minimum atomic E-state index is -5.31. The Balaban J connectivity index is 1.49. The van der Waals surface area contributed by atoms with Crippen LogP contribution in [0.25, 0.3) is 0 Å². The molecule has 14 atom stereocenters. The number of halogens is 9. The molecule has 3 heterocycles. The van der Waals surface area contributed by atoms with Crippen molar-refractivity contribution in [1.29, 1.82) is 0 Å². The summed E-state index contributed by atoms with van der Waals surface area (Å²) >= 11 is 6.33. The van der Waals surface area contributed by atoms with Gasteiger partial charge in [-0.3, -0.25) is 62.3 Å². The molecular weight excluding hydrogens is 1440 g/mol. The van der Waals surface area contributed by atoms with Crippen LogP contribution in [0.4, 0.5) is 35.1 Å². The van der Waals surface area contributed by atoms with Gasteiger partial charge in [0.15, 0.2) is 0 Å². The minimum absolute atomic E-state index is 0.0115. The van der Waals surface area contributed by atoms with E-state index in [4.69, 9.17) is 11.6 Å². The van der Waals surface area contributed by atoms with Crippen molar-refractivity contribution in [2.45, 2.75) is 254 Å². The van der Waals surface area contributed by atoms with Crippen LogP contribution in [0, 0.1) is 35.5 Å². The Labute approximate surface area is 627 Å². The molecular formula is C72H112ClF8N13O13. The molecule has 3 saturated heterocycles. The van der Waals surface area contributed by atoms with Gasteiger partial charge in [-0.2, -0.15) is 26.3 Å². The Kier molecular flexibility index (Phi) is 31.1. The highest BCUT2D eigenvalue weighted by Crippen LogP contribution is 2.44. The number of amides is 13. The second-order valence-electron chi connectivity index (χ2n) is 31.4. The van der Waals surface area contributed by atoms with Gasteiger partial charge in [-0.05, 0) is 101 Å². The lowest BCUT2D eigenvalue weighted by molar-refractivity contribution is -0.182. The number of nitrogens with one attached hydrogen (secondary N) is 3. The number of likely N-dealkylation sites (N-methyl/N-ethyl adjacent to an activating group) is 8. The second kappa shape index (κ2) is 37.5. The number of hydrogen-bond acceptors (Lipinski definition) is 13. The largest absolute Gasteiger partial charge is 0.393 e. The average Bonchev–Trinajstić information content (AvgIpc) is 1.71. The van der Waals surface area contributed by atoms with Gasteiger partial charge in [-0.15, -0.1) is 11.6 Å². The van der Waals surface area contributed by atoms with Crippen molar-refractivity contribution >= 4 is 88.4 Å². The second-order valence-corrected chi connectivity index (χ2v) is 32.0. The molecule has 107 heavy (non-hydrogen) atoms. The zero-order valence-electron chi connectivity index (χ0n) is 64.2. The van der Waals surface area contributed by atoms with Crippen LogP contribution in [0.5, 0.6) is 0 Å². The summed E-state index contributed by atoms with van der Waals surface area (Å²) in [5, 5.41) is 5.97. The topological polar surface area (TPSA) is 290 Å². The quantitative estimate of drug-likeness (QED) is 0.145. The summed E-state index contributed by atoms with van der Waals surface area (Å²) in [4.78, 5) is 202. The minimum Gasteiger partial charge on any atom is -0.347 e.